The van der Waals surface area contributed by atoms with Gasteiger partial charge in [-0.15, -0.1) is 0 Å². The van der Waals surface area contributed by atoms with Crippen molar-refractivity contribution in [2.75, 3.05) is 14.2 Å². The van der Waals surface area contributed by atoms with E-state index in [-0.39, 0.29) is 11.6 Å². The van der Waals surface area contributed by atoms with E-state index in [2.05, 4.69) is 4.99 Å². The lowest BCUT2D eigenvalue weighted by atomic mass is 10.2. The second-order valence-electron chi connectivity index (χ2n) is 4.46. The van der Waals surface area contributed by atoms with Crippen LogP contribution in [0.5, 0.6) is 11.5 Å². The van der Waals surface area contributed by atoms with Gasteiger partial charge in [0, 0.05) is 5.56 Å². The van der Waals surface area contributed by atoms with Crippen LogP contribution < -0.4 is 9.47 Å². The molecule has 0 aliphatic carbocycles. The second kappa shape index (κ2) is 6.03. The van der Waals surface area contributed by atoms with Gasteiger partial charge in [0.25, 0.3) is 0 Å². The Morgan fingerprint density at radius 3 is 2.68 bits per heavy atom. The highest BCUT2D eigenvalue weighted by Gasteiger charge is 2.25. The zero-order valence-corrected chi connectivity index (χ0v) is 12.8. The van der Waals surface area contributed by atoms with Crippen LogP contribution in [0.1, 0.15) is 11.1 Å². The van der Waals surface area contributed by atoms with Gasteiger partial charge in [0.2, 0.25) is 5.90 Å². The maximum atomic E-state index is 11.9. The van der Waals surface area contributed by atoms with Crippen LogP contribution in [-0.4, -0.2) is 26.1 Å². The third-order valence-corrected chi connectivity index (χ3v) is 3.80. The van der Waals surface area contributed by atoms with Gasteiger partial charge < -0.3 is 14.2 Å². The molecule has 1 aliphatic heterocycles. The monoisotopic (exact) mass is 315 g/mol. The Balaban J connectivity index is 1.94. The first-order valence-electron chi connectivity index (χ1n) is 6.48. The number of nitrogens with zero attached hydrogens (tertiary/aromatic N) is 1. The van der Waals surface area contributed by atoms with E-state index in [0.717, 1.165) is 5.56 Å². The summed E-state index contributed by atoms with van der Waals surface area (Å²) >= 11 is 1.55. The van der Waals surface area contributed by atoms with E-state index < -0.39 is 5.97 Å². The highest BCUT2D eigenvalue weighted by Crippen LogP contribution is 2.29. The summed E-state index contributed by atoms with van der Waals surface area (Å²) in [5.41, 5.74) is 1.86. The number of thiophene rings is 1. The van der Waals surface area contributed by atoms with Gasteiger partial charge in [-0.25, -0.2) is 9.79 Å². The molecule has 0 spiro atoms. The van der Waals surface area contributed by atoms with Crippen molar-refractivity contribution in [3.05, 3.63) is 51.8 Å². The fraction of sp³-hybridized carbons (Fsp3) is 0.125. The number of cyclic esters (lactones) is 1. The molecule has 0 fully saturated rings. The molecular weight excluding hydrogens is 302 g/mol. The van der Waals surface area contributed by atoms with E-state index in [1.54, 1.807) is 49.8 Å². The normalized spacial score (nSPS) is 15.6. The van der Waals surface area contributed by atoms with Gasteiger partial charge >= 0.3 is 5.97 Å². The van der Waals surface area contributed by atoms with E-state index in [1.807, 2.05) is 16.8 Å². The molecular formula is C16H13NO4S. The fourth-order valence-corrected chi connectivity index (χ4v) is 2.63. The maximum absolute atomic E-state index is 11.9. The van der Waals surface area contributed by atoms with Gasteiger partial charge in [0.15, 0.2) is 17.2 Å². The molecule has 6 heteroatoms. The van der Waals surface area contributed by atoms with Crippen LogP contribution in [0.3, 0.4) is 0 Å². The summed E-state index contributed by atoms with van der Waals surface area (Å²) in [5.74, 6) is 0.947. The van der Waals surface area contributed by atoms with Crippen molar-refractivity contribution < 1.29 is 19.0 Å². The molecule has 0 saturated carbocycles. The van der Waals surface area contributed by atoms with Crippen molar-refractivity contribution in [2.45, 2.75) is 0 Å². The average Bonchev–Trinajstić information content (AvgIpc) is 3.17. The Morgan fingerprint density at radius 1 is 1.18 bits per heavy atom. The van der Waals surface area contributed by atoms with Crippen LogP contribution in [0.25, 0.3) is 6.08 Å². The van der Waals surface area contributed by atoms with E-state index >= 15 is 0 Å². The lowest BCUT2D eigenvalue weighted by molar-refractivity contribution is -0.129. The summed E-state index contributed by atoms with van der Waals surface area (Å²) in [6, 6.07) is 7.14. The minimum Gasteiger partial charge on any atom is -0.493 e. The topological polar surface area (TPSA) is 57.1 Å². The summed E-state index contributed by atoms with van der Waals surface area (Å²) in [7, 11) is 3.11. The van der Waals surface area contributed by atoms with Crippen molar-refractivity contribution >= 4 is 29.3 Å². The molecule has 0 unspecified atom stereocenters. The number of hydrogen-bond donors (Lipinski definition) is 0. The first-order valence-corrected chi connectivity index (χ1v) is 7.42. The van der Waals surface area contributed by atoms with Gasteiger partial charge in [-0.3, -0.25) is 0 Å². The molecule has 3 rings (SSSR count). The predicted octanol–water partition coefficient (Wildman–Crippen LogP) is 3.11. The highest BCUT2D eigenvalue weighted by atomic mass is 32.1. The number of carbonyl (C=O) groups excluding carboxylic acids is 1. The van der Waals surface area contributed by atoms with Crippen molar-refractivity contribution in [2.24, 2.45) is 4.99 Å². The molecule has 1 aromatic heterocycles. The molecule has 5 nitrogen and oxygen atoms in total. The molecule has 0 atom stereocenters. The largest absolute Gasteiger partial charge is 0.493 e. The number of benzene rings is 1. The predicted molar refractivity (Wildman–Crippen MR) is 84.5 cm³/mol. The Labute approximate surface area is 131 Å². The molecule has 1 aliphatic rings. The van der Waals surface area contributed by atoms with E-state index in [4.69, 9.17) is 14.2 Å². The Morgan fingerprint density at radius 2 is 2.00 bits per heavy atom. The first-order chi connectivity index (χ1) is 10.7. The van der Waals surface area contributed by atoms with Gasteiger partial charge in [-0.2, -0.15) is 11.3 Å². The summed E-state index contributed by atoms with van der Waals surface area (Å²) in [6.07, 6.45) is 1.70. The molecule has 0 bridgehead atoms. The molecule has 0 saturated heterocycles. The van der Waals surface area contributed by atoms with Crippen molar-refractivity contribution in [3.8, 4) is 11.5 Å². The summed E-state index contributed by atoms with van der Waals surface area (Å²) in [4.78, 5) is 16.2. The zero-order chi connectivity index (χ0) is 15.5. The molecule has 2 aromatic rings. The molecule has 2 heterocycles. The number of methoxy groups -OCH3 is 2. The molecule has 112 valence electrons. The van der Waals surface area contributed by atoms with Crippen LogP contribution >= 0.6 is 11.3 Å². The minimum absolute atomic E-state index is 0.257. The number of aliphatic imine (C=N–C) groups is 1. The molecule has 0 N–H and O–H groups in total. The summed E-state index contributed by atoms with van der Waals surface area (Å²) < 4.78 is 15.7. The van der Waals surface area contributed by atoms with Gasteiger partial charge in [0.05, 0.1) is 14.2 Å². The lowest BCUT2D eigenvalue weighted by Crippen LogP contribution is -2.05. The Kier molecular flexibility index (Phi) is 3.93. The number of hydrogen-bond acceptors (Lipinski definition) is 6. The van der Waals surface area contributed by atoms with Gasteiger partial charge in [-0.1, -0.05) is 0 Å². The van der Waals surface area contributed by atoms with Crippen molar-refractivity contribution in [3.63, 3.8) is 0 Å². The Hall–Kier alpha value is -2.60. The standard InChI is InChI=1S/C16H13NO4S/c1-19-13-4-3-11(8-14(13)20-2)15-17-12(16(18)21-15)7-10-5-6-22-9-10/h3-9H,1-2H3/b12-7-. The van der Waals surface area contributed by atoms with E-state index in [1.165, 1.54) is 0 Å². The van der Waals surface area contributed by atoms with Crippen molar-refractivity contribution in [1.82, 2.24) is 0 Å². The average molecular weight is 315 g/mol. The number of ether oxygens (including phenoxy) is 3. The van der Waals surface area contributed by atoms with Crippen LogP contribution in [0.15, 0.2) is 45.7 Å². The van der Waals surface area contributed by atoms with Crippen LogP contribution in [0, 0.1) is 0 Å². The number of esters is 1. The first kappa shape index (κ1) is 14.3. The highest BCUT2D eigenvalue weighted by molar-refractivity contribution is 7.08. The minimum atomic E-state index is -0.462. The quantitative estimate of drug-likeness (QED) is 0.642. The third kappa shape index (κ3) is 2.73. The third-order valence-electron chi connectivity index (χ3n) is 3.10. The summed E-state index contributed by atoms with van der Waals surface area (Å²) in [5, 5.41) is 3.87. The van der Waals surface area contributed by atoms with Gasteiger partial charge in [0.1, 0.15) is 0 Å². The van der Waals surface area contributed by atoms with Crippen LogP contribution in [0.2, 0.25) is 0 Å². The molecule has 0 amide bonds. The maximum Gasteiger partial charge on any atom is 0.363 e. The zero-order valence-electron chi connectivity index (χ0n) is 12.0. The van der Waals surface area contributed by atoms with Gasteiger partial charge in [-0.05, 0) is 46.7 Å². The molecule has 0 radical (unpaired) electrons. The lowest BCUT2D eigenvalue weighted by Gasteiger charge is -2.08. The smallest absolute Gasteiger partial charge is 0.363 e. The van der Waals surface area contributed by atoms with Crippen molar-refractivity contribution in [1.29, 1.82) is 0 Å². The fourth-order valence-electron chi connectivity index (χ4n) is 2.02. The second-order valence-corrected chi connectivity index (χ2v) is 5.24. The molecule has 22 heavy (non-hydrogen) atoms. The van der Waals surface area contributed by atoms with Crippen LogP contribution in [-0.2, 0) is 9.53 Å². The Bertz CT molecular complexity index is 762. The van der Waals surface area contributed by atoms with E-state index in [0.29, 0.717) is 17.1 Å². The SMILES string of the molecule is COc1ccc(C2=N/C(=C\c3ccsc3)C(=O)O2)cc1OC. The number of rotatable bonds is 4. The van der Waals surface area contributed by atoms with E-state index in [9.17, 15) is 4.79 Å². The number of carbonyl (C=O) groups is 1. The molecule has 1 aromatic carbocycles. The van der Waals surface area contributed by atoms with Crippen LogP contribution in [0.4, 0.5) is 0 Å². The summed E-state index contributed by atoms with van der Waals surface area (Å²) in [6.45, 7) is 0.